The first-order valence-corrected chi connectivity index (χ1v) is 13.1. The van der Waals surface area contributed by atoms with Crippen LogP contribution in [0.5, 0.6) is 11.5 Å². The Morgan fingerprint density at radius 1 is 0.370 bits per heavy atom. The molecule has 2 nitrogen and oxygen atoms in total. The minimum atomic E-state index is -3.27. The minimum absolute atomic E-state index is 0.266. The predicted octanol–water partition coefficient (Wildman–Crippen LogP) is 2.48. The predicted molar refractivity (Wildman–Crippen MR) is 113 cm³/mol. The second-order valence-corrected chi connectivity index (χ2v) is 14.6. The SMILES string of the molecule is Oc1cc[c]([Ge]([c]2ccccc2)([c]2ccccc2)[c]2ccc(O)cc2)cc1. The Balaban J connectivity index is 2.11. The summed E-state index contributed by atoms with van der Waals surface area (Å²) in [4.78, 5) is 0. The van der Waals surface area contributed by atoms with Gasteiger partial charge in [0, 0.05) is 0 Å². The van der Waals surface area contributed by atoms with Crippen molar-refractivity contribution in [3.8, 4) is 11.5 Å². The molecule has 2 N–H and O–H groups in total. The molecule has 0 aliphatic carbocycles. The van der Waals surface area contributed by atoms with Crippen LogP contribution in [0.15, 0.2) is 109 Å². The Bertz CT molecular complexity index is 924. The summed E-state index contributed by atoms with van der Waals surface area (Å²) >= 11 is -3.27. The number of hydrogen-bond donors (Lipinski definition) is 2. The number of hydrogen-bond acceptors (Lipinski definition) is 2. The topological polar surface area (TPSA) is 40.5 Å². The molecule has 3 heteroatoms. The molecule has 4 aromatic rings. The summed E-state index contributed by atoms with van der Waals surface area (Å²) in [6.07, 6.45) is 0. The van der Waals surface area contributed by atoms with E-state index in [1.165, 1.54) is 17.6 Å². The first kappa shape index (κ1) is 17.4. The van der Waals surface area contributed by atoms with Gasteiger partial charge >= 0.3 is 162 Å². The van der Waals surface area contributed by atoms with Gasteiger partial charge < -0.3 is 0 Å². The van der Waals surface area contributed by atoms with Gasteiger partial charge in [-0.1, -0.05) is 0 Å². The van der Waals surface area contributed by atoms with E-state index >= 15 is 0 Å². The molecule has 0 fully saturated rings. The molecular formula is C24H20GeO2. The average molecular weight is 413 g/mol. The standard InChI is InChI=1S/C24H20GeO2/c26-23-15-11-21(12-16-23)25(19-7-3-1-4-8-19,20-9-5-2-6-10-20)22-13-17-24(27)18-14-22/h1-18,26-27H. The third kappa shape index (κ3) is 3.13. The molecule has 0 saturated heterocycles. The Kier molecular flexibility index (Phi) is 4.74. The van der Waals surface area contributed by atoms with Crippen LogP contribution >= 0.6 is 0 Å². The van der Waals surface area contributed by atoms with E-state index in [1.54, 1.807) is 24.3 Å². The van der Waals surface area contributed by atoms with Gasteiger partial charge in [0.2, 0.25) is 0 Å². The third-order valence-corrected chi connectivity index (χ3v) is 15.1. The summed E-state index contributed by atoms with van der Waals surface area (Å²) in [5.41, 5.74) is 0. The van der Waals surface area contributed by atoms with Crippen LogP contribution in [0.25, 0.3) is 0 Å². The molecule has 27 heavy (non-hydrogen) atoms. The molecule has 4 aromatic carbocycles. The molecular weight excluding hydrogens is 393 g/mol. The van der Waals surface area contributed by atoms with Crippen LogP contribution in [0, 0.1) is 0 Å². The van der Waals surface area contributed by atoms with E-state index in [4.69, 9.17) is 0 Å². The molecule has 0 aliphatic heterocycles. The Hall–Kier alpha value is -2.98. The molecule has 0 bridgehead atoms. The van der Waals surface area contributed by atoms with Gasteiger partial charge in [-0.2, -0.15) is 0 Å². The van der Waals surface area contributed by atoms with E-state index in [9.17, 15) is 10.2 Å². The first-order chi connectivity index (χ1) is 13.2. The number of phenols is 2. The van der Waals surface area contributed by atoms with Gasteiger partial charge in [0.15, 0.2) is 0 Å². The van der Waals surface area contributed by atoms with Crippen molar-refractivity contribution in [2.75, 3.05) is 0 Å². The van der Waals surface area contributed by atoms with Gasteiger partial charge in [-0.25, -0.2) is 0 Å². The molecule has 4 rings (SSSR count). The molecule has 0 aliphatic rings. The maximum atomic E-state index is 9.86. The van der Waals surface area contributed by atoms with E-state index in [1.807, 2.05) is 36.4 Å². The fourth-order valence-electron chi connectivity index (χ4n) is 3.80. The number of benzene rings is 4. The summed E-state index contributed by atoms with van der Waals surface area (Å²) in [5.74, 6) is 0.531. The van der Waals surface area contributed by atoms with Gasteiger partial charge in [-0.3, -0.25) is 0 Å². The third-order valence-electron chi connectivity index (χ3n) is 5.01. The van der Waals surface area contributed by atoms with Crippen LogP contribution < -0.4 is 17.6 Å². The van der Waals surface area contributed by atoms with E-state index in [2.05, 4.69) is 48.5 Å². The fraction of sp³-hybridized carbons (Fsp3) is 0. The van der Waals surface area contributed by atoms with Crippen LogP contribution in [0.2, 0.25) is 0 Å². The quantitative estimate of drug-likeness (QED) is 0.505. The van der Waals surface area contributed by atoms with Gasteiger partial charge in [-0.05, 0) is 0 Å². The molecule has 0 heterocycles. The molecule has 0 saturated carbocycles. The van der Waals surface area contributed by atoms with Crippen molar-refractivity contribution in [2.24, 2.45) is 0 Å². The molecule has 132 valence electrons. The normalized spacial score (nSPS) is 11.3. The number of rotatable bonds is 4. The molecule has 0 atom stereocenters. The van der Waals surface area contributed by atoms with E-state index in [0.29, 0.717) is 0 Å². The summed E-state index contributed by atoms with van der Waals surface area (Å²) in [5, 5.41) is 19.7. The van der Waals surface area contributed by atoms with Crippen molar-refractivity contribution in [3.63, 3.8) is 0 Å². The Morgan fingerprint density at radius 2 is 0.667 bits per heavy atom. The zero-order valence-corrected chi connectivity index (χ0v) is 16.9. The van der Waals surface area contributed by atoms with Gasteiger partial charge in [0.05, 0.1) is 0 Å². The van der Waals surface area contributed by atoms with Crippen molar-refractivity contribution in [1.82, 2.24) is 0 Å². The van der Waals surface area contributed by atoms with Gasteiger partial charge in [0.25, 0.3) is 0 Å². The summed E-state index contributed by atoms with van der Waals surface area (Å²) < 4.78 is 5.08. The van der Waals surface area contributed by atoms with E-state index in [0.717, 1.165) is 0 Å². The summed E-state index contributed by atoms with van der Waals surface area (Å²) in [6, 6.07) is 36.4. The Labute approximate surface area is 161 Å². The van der Waals surface area contributed by atoms with Crippen molar-refractivity contribution < 1.29 is 10.2 Å². The number of aromatic hydroxyl groups is 2. The summed E-state index contributed by atoms with van der Waals surface area (Å²) in [7, 11) is 0. The van der Waals surface area contributed by atoms with Crippen LogP contribution in [-0.4, -0.2) is 23.5 Å². The van der Waals surface area contributed by atoms with E-state index < -0.39 is 13.3 Å². The first-order valence-electron chi connectivity index (χ1n) is 8.91. The summed E-state index contributed by atoms with van der Waals surface area (Å²) in [6.45, 7) is 0. The van der Waals surface area contributed by atoms with Crippen LogP contribution in [0.1, 0.15) is 0 Å². The monoisotopic (exact) mass is 414 g/mol. The molecule has 0 radical (unpaired) electrons. The van der Waals surface area contributed by atoms with Crippen LogP contribution in [0.4, 0.5) is 0 Å². The van der Waals surface area contributed by atoms with Crippen molar-refractivity contribution in [3.05, 3.63) is 109 Å². The fourth-order valence-corrected chi connectivity index (χ4v) is 13.7. The zero-order valence-electron chi connectivity index (χ0n) is 14.8. The second-order valence-electron chi connectivity index (χ2n) is 6.58. The second kappa shape index (κ2) is 7.33. The molecule has 0 spiro atoms. The Morgan fingerprint density at radius 3 is 1.00 bits per heavy atom. The zero-order chi connectivity index (χ0) is 18.7. The van der Waals surface area contributed by atoms with E-state index in [-0.39, 0.29) is 11.5 Å². The molecule has 0 unspecified atom stereocenters. The molecule has 0 amide bonds. The van der Waals surface area contributed by atoms with Crippen LogP contribution in [0.3, 0.4) is 0 Å². The van der Waals surface area contributed by atoms with Gasteiger partial charge in [0.1, 0.15) is 0 Å². The van der Waals surface area contributed by atoms with Gasteiger partial charge in [-0.15, -0.1) is 0 Å². The maximum absolute atomic E-state index is 9.86. The number of phenolic OH excluding ortho intramolecular Hbond substituents is 2. The van der Waals surface area contributed by atoms with Crippen molar-refractivity contribution in [2.45, 2.75) is 0 Å². The van der Waals surface area contributed by atoms with Crippen molar-refractivity contribution >= 4 is 30.8 Å². The van der Waals surface area contributed by atoms with Crippen molar-refractivity contribution in [1.29, 1.82) is 0 Å². The average Bonchev–Trinajstić information content (AvgIpc) is 2.73. The van der Waals surface area contributed by atoms with Crippen LogP contribution in [-0.2, 0) is 0 Å². The molecule has 0 aromatic heterocycles.